The summed E-state index contributed by atoms with van der Waals surface area (Å²) in [5.74, 6) is 0.692. The average molecular weight is 317 g/mol. The molecule has 1 aromatic carbocycles. The van der Waals surface area contributed by atoms with Crippen molar-refractivity contribution in [2.24, 2.45) is 5.92 Å². The smallest absolute Gasteiger partial charge is 0.0640 e. The molecule has 1 rings (SSSR count). The Kier molecular flexibility index (Phi) is 7.90. The van der Waals surface area contributed by atoms with E-state index in [4.69, 9.17) is 23.2 Å². The van der Waals surface area contributed by atoms with E-state index in [1.807, 2.05) is 25.2 Å². The van der Waals surface area contributed by atoms with E-state index in [1.54, 1.807) is 0 Å². The number of benzene rings is 1. The summed E-state index contributed by atoms with van der Waals surface area (Å²) in [6.07, 6.45) is 1.02. The Balaban J connectivity index is 2.69. The van der Waals surface area contributed by atoms with Crippen molar-refractivity contribution in [1.82, 2.24) is 10.2 Å². The summed E-state index contributed by atoms with van der Waals surface area (Å²) in [5.41, 5.74) is 1.09. The van der Waals surface area contributed by atoms with E-state index < -0.39 is 0 Å². The van der Waals surface area contributed by atoms with Crippen LogP contribution in [0, 0.1) is 5.92 Å². The van der Waals surface area contributed by atoms with Gasteiger partial charge in [0.25, 0.3) is 0 Å². The highest BCUT2D eigenvalue weighted by atomic mass is 35.5. The number of hydrogen-bond donors (Lipinski definition) is 1. The molecule has 1 aromatic rings. The zero-order chi connectivity index (χ0) is 15.1. The van der Waals surface area contributed by atoms with Crippen LogP contribution in [0.4, 0.5) is 0 Å². The number of rotatable bonds is 8. The minimum absolute atomic E-state index is 0.238. The van der Waals surface area contributed by atoms with Gasteiger partial charge in [0, 0.05) is 12.6 Å². The molecule has 0 bridgehead atoms. The van der Waals surface area contributed by atoms with Gasteiger partial charge in [0.15, 0.2) is 0 Å². The Hall–Kier alpha value is -0.280. The molecule has 0 aliphatic carbocycles. The lowest BCUT2D eigenvalue weighted by Gasteiger charge is -2.26. The fraction of sp³-hybridized carbons (Fsp3) is 0.625. The molecule has 0 amide bonds. The fourth-order valence-corrected chi connectivity index (χ4v) is 2.89. The molecule has 2 nitrogen and oxygen atoms in total. The van der Waals surface area contributed by atoms with Crippen molar-refractivity contribution in [3.8, 4) is 0 Å². The van der Waals surface area contributed by atoms with Crippen LogP contribution in [0.25, 0.3) is 0 Å². The molecule has 0 heterocycles. The molecule has 0 saturated carbocycles. The van der Waals surface area contributed by atoms with Crippen molar-refractivity contribution in [2.45, 2.75) is 33.2 Å². The Morgan fingerprint density at radius 1 is 1.25 bits per heavy atom. The molecule has 0 radical (unpaired) electrons. The average Bonchev–Trinajstić information content (AvgIpc) is 2.41. The number of hydrogen-bond acceptors (Lipinski definition) is 2. The molecule has 1 unspecified atom stereocenters. The molecule has 0 spiro atoms. The zero-order valence-corrected chi connectivity index (χ0v) is 14.4. The quantitative estimate of drug-likeness (QED) is 0.752. The molecule has 0 fully saturated rings. The highest BCUT2D eigenvalue weighted by Gasteiger charge is 2.16. The Morgan fingerprint density at radius 3 is 2.50 bits per heavy atom. The molecular formula is C16H26Cl2N2. The van der Waals surface area contributed by atoms with Crippen LogP contribution < -0.4 is 5.32 Å². The van der Waals surface area contributed by atoms with Gasteiger partial charge in [-0.2, -0.15) is 0 Å². The number of nitrogens with one attached hydrogen (secondary N) is 1. The minimum atomic E-state index is 0.238. The lowest BCUT2D eigenvalue weighted by Crippen LogP contribution is -2.31. The summed E-state index contributed by atoms with van der Waals surface area (Å²) in [6, 6.07) is 6.08. The second-order valence-electron chi connectivity index (χ2n) is 5.56. The first-order chi connectivity index (χ1) is 9.49. The van der Waals surface area contributed by atoms with Gasteiger partial charge in [0.05, 0.1) is 10.0 Å². The van der Waals surface area contributed by atoms with Gasteiger partial charge in [-0.25, -0.2) is 0 Å². The van der Waals surface area contributed by atoms with Gasteiger partial charge in [0.2, 0.25) is 0 Å². The monoisotopic (exact) mass is 316 g/mol. The van der Waals surface area contributed by atoms with Gasteiger partial charge < -0.3 is 10.2 Å². The van der Waals surface area contributed by atoms with Gasteiger partial charge >= 0.3 is 0 Å². The van der Waals surface area contributed by atoms with E-state index in [9.17, 15) is 0 Å². The molecule has 1 N–H and O–H groups in total. The molecular weight excluding hydrogens is 291 g/mol. The van der Waals surface area contributed by atoms with Gasteiger partial charge in [-0.05, 0) is 44.1 Å². The van der Waals surface area contributed by atoms with Crippen LogP contribution >= 0.6 is 23.2 Å². The predicted molar refractivity (Wildman–Crippen MR) is 89.8 cm³/mol. The van der Waals surface area contributed by atoms with Crippen molar-refractivity contribution in [3.63, 3.8) is 0 Å². The van der Waals surface area contributed by atoms with Crippen molar-refractivity contribution < 1.29 is 0 Å². The summed E-state index contributed by atoms with van der Waals surface area (Å²) in [5, 5.41) is 4.64. The van der Waals surface area contributed by atoms with E-state index in [-0.39, 0.29) is 6.04 Å². The van der Waals surface area contributed by atoms with E-state index in [0.717, 1.165) is 31.6 Å². The van der Waals surface area contributed by atoms with Gasteiger partial charge in [-0.3, -0.25) is 0 Å². The van der Waals surface area contributed by atoms with Gasteiger partial charge in [0.1, 0.15) is 0 Å². The lowest BCUT2D eigenvalue weighted by atomic mass is 10.0. The zero-order valence-electron chi connectivity index (χ0n) is 12.9. The SMILES string of the molecule is CCN(CCC(NC)c1cccc(Cl)c1Cl)CC(C)C. The topological polar surface area (TPSA) is 15.3 Å². The molecule has 4 heteroatoms. The molecule has 114 valence electrons. The van der Waals surface area contributed by atoms with Crippen LogP contribution in [0.2, 0.25) is 10.0 Å². The van der Waals surface area contributed by atoms with E-state index >= 15 is 0 Å². The predicted octanol–water partition coefficient (Wildman–Crippen LogP) is 4.62. The van der Waals surface area contributed by atoms with Gasteiger partial charge in [-0.15, -0.1) is 0 Å². The third-order valence-electron chi connectivity index (χ3n) is 3.51. The second-order valence-corrected chi connectivity index (χ2v) is 6.35. The molecule has 20 heavy (non-hydrogen) atoms. The summed E-state index contributed by atoms with van der Waals surface area (Å²) >= 11 is 12.4. The Labute approximate surface area is 133 Å². The normalized spacial score (nSPS) is 13.2. The number of nitrogens with zero attached hydrogens (tertiary/aromatic N) is 1. The van der Waals surface area contributed by atoms with Crippen LogP contribution in [-0.4, -0.2) is 31.6 Å². The van der Waals surface area contributed by atoms with Crippen LogP contribution in [0.3, 0.4) is 0 Å². The lowest BCUT2D eigenvalue weighted by molar-refractivity contribution is 0.243. The minimum Gasteiger partial charge on any atom is -0.313 e. The number of halogens is 2. The largest absolute Gasteiger partial charge is 0.313 e. The third-order valence-corrected chi connectivity index (χ3v) is 4.34. The van der Waals surface area contributed by atoms with Gasteiger partial charge in [-0.1, -0.05) is 56.1 Å². The van der Waals surface area contributed by atoms with E-state index in [2.05, 4.69) is 31.0 Å². The van der Waals surface area contributed by atoms with E-state index in [1.165, 1.54) is 0 Å². The summed E-state index contributed by atoms with van der Waals surface area (Å²) < 4.78 is 0. The summed E-state index contributed by atoms with van der Waals surface area (Å²) in [7, 11) is 1.97. The fourth-order valence-electron chi connectivity index (χ4n) is 2.45. The Morgan fingerprint density at radius 2 is 1.95 bits per heavy atom. The molecule has 0 aliphatic heterocycles. The first kappa shape index (κ1) is 17.8. The maximum absolute atomic E-state index is 6.31. The Bertz CT molecular complexity index is 407. The maximum atomic E-state index is 6.31. The molecule has 0 aromatic heterocycles. The highest BCUT2D eigenvalue weighted by molar-refractivity contribution is 6.42. The highest BCUT2D eigenvalue weighted by Crippen LogP contribution is 2.31. The van der Waals surface area contributed by atoms with Crippen molar-refractivity contribution >= 4 is 23.2 Å². The first-order valence-electron chi connectivity index (χ1n) is 7.33. The van der Waals surface area contributed by atoms with Crippen LogP contribution in [-0.2, 0) is 0 Å². The molecule has 0 aliphatic rings. The van der Waals surface area contributed by atoms with E-state index in [0.29, 0.717) is 16.0 Å². The summed E-state index contributed by atoms with van der Waals surface area (Å²) in [4.78, 5) is 2.48. The van der Waals surface area contributed by atoms with Crippen molar-refractivity contribution in [3.05, 3.63) is 33.8 Å². The first-order valence-corrected chi connectivity index (χ1v) is 8.08. The molecule has 1 atom stereocenters. The maximum Gasteiger partial charge on any atom is 0.0640 e. The second kappa shape index (κ2) is 8.89. The molecule has 0 saturated heterocycles. The van der Waals surface area contributed by atoms with Crippen molar-refractivity contribution in [2.75, 3.05) is 26.7 Å². The standard InChI is InChI=1S/C16H26Cl2N2/c1-5-20(11-12(2)3)10-9-15(19-4)13-7-6-8-14(17)16(13)18/h6-8,12,15,19H,5,9-11H2,1-4H3. The van der Waals surface area contributed by atoms with Crippen LogP contribution in [0.15, 0.2) is 18.2 Å². The summed E-state index contributed by atoms with van der Waals surface area (Å²) in [6.45, 7) is 10.00. The van der Waals surface area contributed by atoms with Crippen LogP contribution in [0.1, 0.15) is 38.8 Å². The van der Waals surface area contributed by atoms with Crippen LogP contribution in [0.5, 0.6) is 0 Å². The third kappa shape index (κ3) is 5.25. The van der Waals surface area contributed by atoms with Crippen molar-refractivity contribution in [1.29, 1.82) is 0 Å².